The molecule has 1 unspecified atom stereocenters. The number of nitrogens with zero attached hydrogens (tertiary/aromatic N) is 4. The minimum atomic E-state index is -1.82. The van der Waals surface area contributed by atoms with Crippen molar-refractivity contribution in [2.24, 2.45) is 0 Å². The zero-order valence-electron chi connectivity index (χ0n) is 17.4. The van der Waals surface area contributed by atoms with E-state index in [2.05, 4.69) is 58.1 Å². The average Bonchev–Trinajstić information content (AvgIpc) is 3.12. The number of carboxylic acids is 2. The maximum absolute atomic E-state index is 9.10. The van der Waals surface area contributed by atoms with Crippen molar-refractivity contribution in [3.63, 3.8) is 0 Å². The van der Waals surface area contributed by atoms with Crippen LogP contribution in [0.15, 0.2) is 35.5 Å². The Bertz CT molecular complexity index is 773. The zero-order chi connectivity index (χ0) is 22.5. The number of nitrogens with one attached hydrogen (secondary N) is 1. The van der Waals surface area contributed by atoms with Gasteiger partial charge in [-0.15, -0.1) is 10.2 Å². The van der Waals surface area contributed by atoms with Gasteiger partial charge in [-0.25, -0.2) is 9.59 Å². The normalized spacial score (nSPS) is 11.6. The SMILES string of the molecule is CCC(c1nnc(SCCNCCO)n1-c1ccccc1)N(C)C.O=C(O)C(=O)O. The molecule has 0 aliphatic carbocycles. The Hall–Kier alpha value is -2.47. The van der Waals surface area contributed by atoms with Crippen LogP contribution in [0.3, 0.4) is 0 Å². The van der Waals surface area contributed by atoms with Crippen LogP contribution >= 0.6 is 11.8 Å². The lowest BCUT2D eigenvalue weighted by atomic mass is 10.2. The summed E-state index contributed by atoms with van der Waals surface area (Å²) in [5.41, 5.74) is 1.09. The van der Waals surface area contributed by atoms with Gasteiger partial charge in [-0.05, 0) is 32.6 Å². The third kappa shape index (κ3) is 8.11. The van der Waals surface area contributed by atoms with Gasteiger partial charge in [0.1, 0.15) is 0 Å². The number of hydrogen-bond acceptors (Lipinski definition) is 8. The number of aliphatic carboxylic acids is 2. The summed E-state index contributed by atoms with van der Waals surface area (Å²) < 4.78 is 2.16. The van der Waals surface area contributed by atoms with Gasteiger partial charge in [-0.1, -0.05) is 36.9 Å². The molecule has 2 aromatic rings. The minimum absolute atomic E-state index is 0.163. The van der Waals surface area contributed by atoms with E-state index in [0.717, 1.165) is 35.4 Å². The number of aliphatic hydroxyl groups excluding tert-OH is 1. The Morgan fingerprint density at radius 2 is 1.77 bits per heavy atom. The van der Waals surface area contributed by atoms with Crippen molar-refractivity contribution in [1.82, 2.24) is 25.0 Å². The average molecular weight is 440 g/mol. The highest BCUT2D eigenvalue weighted by molar-refractivity contribution is 7.99. The summed E-state index contributed by atoms with van der Waals surface area (Å²) in [7, 11) is 4.15. The third-order valence-corrected chi connectivity index (χ3v) is 4.89. The lowest BCUT2D eigenvalue weighted by Gasteiger charge is -2.23. The number of aromatic nitrogens is 3. The quantitative estimate of drug-likeness (QED) is 0.242. The topological polar surface area (TPSA) is 141 Å². The van der Waals surface area contributed by atoms with Crippen LogP contribution in [0.4, 0.5) is 0 Å². The van der Waals surface area contributed by atoms with E-state index in [1.807, 2.05) is 18.2 Å². The monoisotopic (exact) mass is 439 g/mol. The molecule has 10 nitrogen and oxygen atoms in total. The number of thioether (sulfide) groups is 1. The largest absolute Gasteiger partial charge is 0.473 e. The molecular weight excluding hydrogens is 410 g/mol. The number of benzene rings is 1. The molecule has 0 radical (unpaired) electrons. The first-order valence-corrected chi connectivity index (χ1v) is 10.4. The van der Waals surface area contributed by atoms with Gasteiger partial charge in [0.2, 0.25) is 0 Å². The van der Waals surface area contributed by atoms with E-state index < -0.39 is 11.9 Å². The van der Waals surface area contributed by atoms with Gasteiger partial charge < -0.3 is 20.6 Å². The van der Waals surface area contributed by atoms with E-state index in [-0.39, 0.29) is 12.6 Å². The summed E-state index contributed by atoms with van der Waals surface area (Å²) in [5, 5.41) is 36.6. The van der Waals surface area contributed by atoms with E-state index in [1.165, 1.54) is 0 Å². The second-order valence-electron chi connectivity index (χ2n) is 6.33. The van der Waals surface area contributed by atoms with Gasteiger partial charge in [0.05, 0.1) is 12.6 Å². The Labute approximate surface area is 179 Å². The summed E-state index contributed by atoms with van der Waals surface area (Å²) in [4.78, 5) is 20.4. The Balaban J connectivity index is 0.000000656. The fourth-order valence-corrected chi connectivity index (χ4v) is 3.46. The fraction of sp³-hybridized carbons (Fsp3) is 0.474. The molecular formula is C19H29N5O5S. The third-order valence-electron chi connectivity index (χ3n) is 3.96. The van der Waals surface area contributed by atoms with Crippen molar-refractivity contribution in [2.45, 2.75) is 24.5 Å². The molecule has 1 heterocycles. The molecule has 0 saturated heterocycles. The molecule has 30 heavy (non-hydrogen) atoms. The molecule has 0 amide bonds. The first-order chi connectivity index (χ1) is 14.3. The van der Waals surface area contributed by atoms with Gasteiger partial charge >= 0.3 is 11.9 Å². The second kappa shape index (κ2) is 13.7. The van der Waals surface area contributed by atoms with E-state index >= 15 is 0 Å². The number of hydrogen-bond donors (Lipinski definition) is 4. The van der Waals surface area contributed by atoms with Crippen molar-refractivity contribution in [3.8, 4) is 5.69 Å². The number of aliphatic hydroxyl groups is 1. The highest BCUT2D eigenvalue weighted by Gasteiger charge is 2.22. The molecule has 0 aliphatic rings. The smallest absolute Gasteiger partial charge is 0.414 e. The Morgan fingerprint density at radius 3 is 2.27 bits per heavy atom. The predicted molar refractivity (Wildman–Crippen MR) is 114 cm³/mol. The summed E-state index contributed by atoms with van der Waals surface area (Å²) >= 11 is 1.68. The maximum atomic E-state index is 9.10. The van der Waals surface area contributed by atoms with Gasteiger partial charge in [-0.3, -0.25) is 9.47 Å². The lowest BCUT2D eigenvalue weighted by molar-refractivity contribution is -0.159. The standard InChI is InChI=1S/C17H27N5OS.C2H2O4/c1-4-15(21(2)3)16-19-20-17(24-13-11-18-10-12-23)22(16)14-8-6-5-7-9-14;3-1(4)2(5)6/h5-9,15,18,23H,4,10-13H2,1-3H3;(H,3,4)(H,5,6). The van der Waals surface area contributed by atoms with Crippen LogP contribution in [0.2, 0.25) is 0 Å². The first kappa shape index (κ1) is 25.6. The maximum Gasteiger partial charge on any atom is 0.414 e. The number of rotatable bonds is 10. The second-order valence-corrected chi connectivity index (χ2v) is 7.39. The zero-order valence-corrected chi connectivity index (χ0v) is 18.2. The van der Waals surface area contributed by atoms with Crippen LogP contribution in [-0.4, -0.2) is 86.5 Å². The highest BCUT2D eigenvalue weighted by Crippen LogP contribution is 2.28. The van der Waals surface area contributed by atoms with Gasteiger partial charge in [0.15, 0.2) is 11.0 Å². The van der Waals surface area contributed by atoms with Crippen molar-refractivity contribution < 1.29 is 24.9 Å². The van der Waals surface area contributed by atoms with Gasteiger partial charge in [0, 0.05) is 24.5 Å². The van der Waals surface area contributed by atoms with Crippen LogP contribution < -0.4 is 5.32 Å². The minimum Gasteiger partial charge on any atom is -0.473 e. The van der Waals surface area contributed by atoms with Gasteiger partial charge in [-0.2, -0.15) is 0 Å². The first-order valence-electron chi connectivity index (χ1n) is 9.41. The molecule has 4 N–H and O–H groups in total. The van der Waals surface area contributed by atoms with E-state index in [9.17, 15) is 0 Å². The number of carboxylic acid groups (broad SMARTS) is 2. The molecule has 166 valence electrons. The molecule has 0 fully saturated rings. The summed E-state index contributed by atoms with van der Waals surface area (Å²) in [5.74, 6) is -1.80. The summed E-state index contributed by atoms with van der Waals surface area (Å²) in [6.07, 6.45) is 0.973. The molecule has 0 spiro atoms. The Kier molecular flexibility index (Phi) is 11.7. The molecule has 0 saturated carbocycles. The summed E-state index contributed by atoms with van der Waals surface area (Å²) in [6, 6.07) is 10.5. The van der Waals surface area contributed by atoms with E-state index in [4.69, 9.17) is 24.9 Å². The number of para-hydroxylation sites is 1. The summed E-state index contributed by atoms with van der Waals surface area (Å²) in [6.45, 7) is 3.78. The van der Waals surface area contributed by atoms with E-state index in [1.54, 1.807) is 11.8 Å². The van der Waals surface area contributed by atoms with Crippen LogP contribution in [0.1, 0.15) is 25.2 Å². The van der Waals surface area contributed by atoms with Crippen LogP contribution in [0, 0.1) is 0 Å². The van der Waals surface area contributed by atoms with Crippen molar-refractivity contribution >= 4 is 23.7 Å². The fourth-order valence-electron chi connectivity index (χ4n) is 2.61. The molecule has 1 atom stereocenters. The molecule has 0 bridgehead atoms. The van der Waals surface area contributed by atoms with Crippen LogP contribution in [-0.2, 0) is 9.59 Å². The molecule has 2 rings (SSSR count). The molecule has 0 aliphatic heterocycles. The molecule has 11 heteroatoms. The highest BCUT2D eigenvalue weighted by atomic mass is 32.2. The predicted octanol–water partition coefficient (Wildman–Crippen LogP) is 1.11. The van der Waals surface area contributed by atoms with Crippen molar-refractivity contribution in [1.29, 1.82) is 0 Å². The van der Waals surface area contributed by atoms with Crippen molar-refractivity contribution in [2.75, 3.05) is 39.5 Å². The molecule has 1 aromatic heterocycles. The van der Waals surface area contributed by atoms with Crippen LogP contribution in [0.25, 0.3) is 5.69 Å². The molecule has 1 aromatic carbocycles. The van der Waals surface area contributed by atoms with Gasteiger partial charge in [0.25, 0.3) is 0 Å². The lowest BCUT2D eigenvalue weighted by Crippen LogP contribution is -2.23. The number of carbonyl (C=O) groups is 2. The van der Waals surface area contributed by atoms with Crippen LogP contribution in [0.5, 0.6) is 0 Å². The van der Waals surface area contributed by atoms with E-state index in [0.29, 0.717) is 6.54 Å². The Morgan fingerprint density at radius 1 is 1.13 bits per heavy atom. The van der Waals surface area contributed by atoms with Crippen molar-refractivity contribution in [3.05, 3.63) is 36.2 Å².